The van der Waals surface area contributed by atoms with Crippen LogP contribution in [0, 0.1) is 11.6 Å². The summed E-state index contributed by atoms with van der Waals surface area (Å²) in [5.41, 5.74) is 1.49. The summed E-state index contributed by atoms with van der Waals surface area (Å²) in [5, 5.41) is 0. The maximum Gasteiger partial charge on any atom is 0.336 e. The van der Waals surface area contributed by atoms with Gasteiger partial charge in [-0.1, -0.05) is 42.5 Å². The molecule has 6 rings (SSSR count). The number of carbonyl (C=O) groups excluding carboxylic acids is 4. The normalized spacial score (nSPS) is 17.2. The second-order valence-corrected chi connectivity index (χ2v) is 11.7. The lowest BCUT2D eigenvalue weighted by Crippen LogP contribution is -2.49. The summed E-state index contributed by atoms with van der Waals surface area (Å²) < 4.78 is 47.4. The van der Waals surface area contributed by atoms with Gasteiger partial charge in [-0.25, -0.2) is 18.4 Å². The van der Waals surface area contributed by atoms with Crippen LogP contribution in [-0.2, 0) is 37.7 Å². The Labute approximate surface area is 293 Å². The molecular formula is C39H36F2N2O8. The van der Waals surface area contributed by atoms with Gasteiger partial charge in [0.1, 0.15) is 23.1 Å². The Bertz CT molecular complexity index is 1970. The van der Waals surface area contributed by atoms with Gasteiger partial charge in [0, 0.05) is 36.2 Å². The molecule has 0 spiro atoms. The predicted molar refractivity (Wildman–Crippen MR) is 182 cm³/mol. The predicted octanol–water partition coefficient (Wildman–Crippen LogP) is 6.14. The van der Waals surface area contributed by atoms with Gasteiger partial charge in [0.25, 0.3) is 11.8 Å². The molecule has 0 radical (unpaired) electrons. The van der Waals surface area contributed by atoms with Crippen LogP contribution >= 0.6 is 0 Å². The van der Waals surface area contributed by atoms with Crippen molar-refractivity contribution in [1.29, 1.82) is 0 Å². The molecule has 4 aromatic carbocycles. The molecule has 10 nitrogen and oxygen atoms in total. The maximum absolute atomic E-state index is 13.8. The summed E-state index contributed by atoms with van der Waals surface area (Å²) in [4.78, 5) is 53.5. The summed E-state index contributed by atoms with van der Waals surface area (Å²) in [6.07, 6.45) is 1.71. The summed E-state index contributed by atoms with van der Waals surface area (Å²) in [7, 11) is 5.67. The van der Waals surface area contributed by atoms with Gasteiger partial charge in [0.2, 0.25) is 0 Å². The van der Waals surface area contributed by atoms with Crippen molar-refractivity contribution >= 4 is 23.8 Å². The fourth-order valence-corrected chi connectivity index (χ4v) is 6.39. The molecule has 2 heterocycles. The van der Waals surface area contributed by atoms with Gasteiger partial charge in [-0.2, -0.15) is 0 Å². The third-order valence-corrected chi connectivity index (χ3v) is 8.88. The highest BCUT2D eigenvalue weighted by atomic mass is 19.1. The number of carbonyl (C=O) groups is 4. The van der Waals surface area contributed by atoms with E-state index in [1.807, 2.05) is 24.3 Å². The summed E-state index contributed by atoms with van der Waals surface area (Å²) >= 11 is 0. The van der Waals surface area contributed by atoms with E-state index in [1.54, 1.807) is 44.6 Å². The van der Waals surface area contributed by atoms with E-state index in [4.69, 9.17) is 18.9 Å². The molecule has 2 atom stereocenters. The van der Waals surface area contributed by atoms with E-state index in [0.29, 0.717) is 22.6 Å². The highest BCUT2D eigenvalue weighted by Crippen LogP contribution is 2.44. The van der Waals surface area contributed by atoms with Crippen molar-refractivity contribution < 1.29 is 46.9 Å². The lowest BCUT2D eigenvalue weighted by molar-refractivity contribution is -0.154. The zero-order chi connectivity index (χ0) is 36.9. The van der Waals surface area contributed by atoms with Crippen LogP contribution in [0.5, 0.6) is 11.5 Å². The first kappa shape index (κ1) is 36.2. The smallest absolute Gasteiger partial charge is 0.336 e. The van der Waals surface area contributed by atoms with E-state index in [9.17, 15) is 28.0 Å². The Balaban J connectivity index is 0.000000199. The topological polar surface area (TPSA) is 112 Å². The Morgan fingerprint density at radius 2 is 1.29 bits per heavy atom. The van der Waals surface area contributed by atoms with Gasteiger partial charge in [0.15, 0.2) is 11.6 Å². The minimum atomic E-state index is -1.38. The zero-order valence-corrected chi connectivity index (χ0v) is 28.5. The molecule has 0 fully saturated rings. The first-order chi connectivity index (χ1) is 24.5. The van der Waals surface area contributed by atoms with Gasteiger partial charge in [-0.15, -0.1) is 6.58 Å². The Kier molecular flexibility index (Phi) is 10.8. The van der Waals surface area contributed by atoms with Crippen molar-refractivity contribution in [3.8, 4) is 11.5 Å². The molecule has 0 saturated heterocycles. The number of halogens is 2. The SMILES string of the molecule is C=CC[C@]1(C(=O)OC)c2ccc(F)cc2C(=O)N1Cc1ccc(OC)cc1.COC(=O)[C@H]1c2ccc(F)cc2C(=O)N1Cc1ccc(OC)cc1. The Hall–Kier alpha value is -6.04. The fraction of sp³-hybridized carbons (Fsp3) is 0.231. The van der Waals surface area contributed by atoms with Crippen LogP contribution in [0.2, 0.25) is 0 Å². The highest BCUT2D eigenvalue weighted by molar-refractivity contribution is 6.06. The van der Waals surface area contributed by atoms with E-state index in [-0.39, 0.29) is 30.6 Å². The number of hydrogen-bond donors (Lipinski definition) is 0. The molecule has 0 N–H and O–H groups in total. The summed E-state index contributed by atoms with van der Waals surface area (Å²) in [5.74, 6) is -1.63. The molecule has 51 heavy (non-hydrogen) atoms. The summed E-state index contributed by atoms with van der Waals surface area (Å²) in [6.45, 7) is 4.09. The standard InChI is InChI=1S/C21H20FNO4.C18H16FNO4/c1-4-11-21(20(25)27-3)18-10-7-15(22)12-17(18)19(24)23(21)13-14-5-8-16(26-2)9-6-14;1-23-13-6-3-11(4-7-13)10-20-16(18(22)24-2)14-8-5-12(19)9-15(14)17(20)21/h4-10,12H,1,11,13H2,2-3H3;3-9,16H,10H2,1-2H3/t21-;16-/m11/s1. The quantitative estimate of drug-likeness (QED) is 0.144. The van der Waals surface area contributed by atoms with Crippen LogP contribution in [-0.4, -0.2) is 62.0 Å². The largest absolute Gasteiger partial charge is 0.497 e. The van der Waals surface area contributed by atoms with Gasteiger partial charge < -0.3 is 28.7 Å². The molecule has 0 aromatic heterocycles. The minimum Gasteiger partial charge on any atom is -0.497 e. The third kappa shape index (κ3) is 6.89. The lowest BCUT2D eigenvalue weighted by atomic mass is 9.86. The van der Waals surface area contributed by atoms with Gasteiger partial charge >= 0.3 is 11.9 Å². The van der Waals surface area contributed by atoms with Crippen molar-refractivity contribution in [2.45, 2.75) is 31.1 Å². The first-order valence-electron chi connectivity index (χ1n) is 15.8. The Morgan fingerprint density at radius 3 is 1.82 bits per heavy atom. The molecule has 2 aliphatic rings. The highest BCUT2D eigenvalue weighted by Gasteiger charge is 2.55. The van der Waals surface area contributed by atoms with E-state index >= 15 is 0 Å². The van der Waals surface area contributed by atoms with Gasteiger partial charge in [-0.05, 0) is 65.2 Å². The molecular weight excluding hydrogens is 662 g/mol. The number of amides is 2. The number of methoxy groups -OCH3 is 4. The number of nitrogens with zero attached hydrogens (tertiary/aromatic N) is 2. The van der Waals surface area contributed by atoms with Crippen LogP contribution < -0.4 is 9.47 Å². The van der Waals surface area contributed by atoms with E-state index in [1.165, 1.54) is 48.3 Å². The molecule has 0 bridgehead atoms. The number of rotatable bonds is 10. The molecule has 2 aliphatic heterocycles. The average Bonchev–Trinajstić information content (AvgIpc) is 3.54. The molecule has 0 unspecified atom stereocenters. The average molecular weight is 699 g/mol. The van der Waals surface area contributed by atoms with Gasteiger partial charge in [0.05, 0.1) is 28.4 Å². The summed E-state index contributed by atoms with van der Waals surface area (Å²) in [6, 6.07) is 21.2. The van der Waals surface area contributed by atoms with Crippen LogP contribution in [0.1, 0.15) is 55.4 Å². The van der Waals surface area contributed by atoms with Crippen molar-refractivity contribution in [2.24, 2.45) is 0 Å². The lowest BCUT2D eigenvalue weighted by Gasteiger charge is -2.36. The van der Waals surface area contributed by atoms with E-state index in [0.717, 1.165) is 23.3 Å². The van der Waals surface area contributed by atoms with Crippen molar-refractivity contribution in [2.75, 3.05) is 28.4 Å². The molecule has 4 aromatic rings. The number of ether oxygens (including phenoxy) is 4. The number of esters is 2. The molecule has 264 valence electrons. The zero-order valence-electron chi connectivity index (χ0n) is 28.5. The van der Waals surface area contributed by atoms with Crippen molar-refractivity contribution in [1.82, 2.24) is 9.80 Å². The second kappa shape index (κ2) is 15.2. The second-order valence-electron chi connectivity index (χ2n) is 11.7. The molecule has 12 heteroatoms. The Morgan fingerprint density at radius 1 is 0.745 bits per heavy atom. The molecule has 0 aliphatic carbocycles. The van der Waals surface area contributed by atoms with Crippen LogP contribution in [0.4, 0.5) is 8.78 Å². The number of hydrogen-bond acceptors (Lipinski definition) is 8. The third-order valence-electron chi connectivity index (χ3n) is 8.88. The maximum atomic E-state index is 13.8. The molecule has 2 amide bonds. The minimum absolute atomic E-state index is 0.153. The van der Waals surface area contributed by atoms with E-state index < -0.39 is 47.0 Å². The van der Waals surface area contributed by atoms with Crippen LogP contribution in [0.15, 0.2) is 97.6 Å². The van der Waals surface area contributed by atoms with Crippen molar-refractivity contribution in [3.05, 3.63) is 143 Å². The fourth-order valence-electron chi connectivity index (χ4n) is 6.39. The van der Waals surface area contributed by atoms with Crippen LogP contribution in [0.25, 0.3) is 0 Å². The number of benzene rings is 4. The van der Waals surface area contributed by atoms with E-state index in [2.05, 4.69) is 6.58 Å². The monoisotopic (exact) mass is 698 g/mol. The molecule has 0 saturated carbocycles. The van der Waals surface area contributed by atoms with Gasteiger partial charge in [-0.3, -0.25) is 9.59 Å². The van der Waals surface area contributed by atoms with Crippen LogP contribution in [0.3, 0.4) is 0 Å². The van der Waals surface area contributed by atoms with Crippen molar-refractivity contribution in [3.63, 3.8) is 0 Å². The number of fused-ring (bicyclic) bond motifs is 2. The first-order valence-corrected chi connectivity index (χ1v) is 15.8.